The van der Waals surface area contributed by atoms with E-state index in [1.807, 2.05) is 54.0 Å². The zero-order valence-electron chi connectivity index (χ0n) is 15.4. The number of fused-ring (bicyclic) bond motifs is 1. The predicted octanol–water partition coefficient (Wildman–Crippen LogP) is 4.90. The van der Waals surface area contributed by atoms with Crippen LogP contribution in [0.5, 0.6) is 0 Å². The summed E-state index contributed by atoms with van der Waals surface area (Å²) in [7, 11) is 0. The van der Waals surface area contributed by atoms with E-state index in [9.17, 15) is 0 Å². The summed E-state index contributed by atoms with van der Waals surface area (Å²) in [6, 6.07) is 24.7. The van der Waals surface area contributed by atoms with Crippen LogP contribution >= 0.6 is 0 Å². The zero-order valence-corrected chi connectivity index (χ0v) is 15.4. The van der Waals surface area contributed by atoms with Gasteiger partial charge in [-0.2, -0.15) is 0 Å². The molecule has 28 heavy (non-hydrogen) atoms. The van der Waals surface area contributed by atoms with Crippen LogP contribution < -0.4 is 0 Å². The van der Waals surface area contributed by atoms with Crippen molar-refractivity contribution in [2.75, 3.05) is 0 Å². The highest BCUT2D eigenvalue weighted by Crippen LogP contribution is 2.34. The van der Waals surface area contributed by atoms with Gasteiger partial charge in [0.15, 0.2) is 5.58 Å². The Bertz CT molecular complexity index is 1170. The largest absolute Gasteiger partial charge is 0.439 e. The first kappa shape index (κ1) is 16.4. The van der Waals surface area contributed by atoms with E-state index in [1.165, 1.54) is 0 Å². The van der Waals surface area contributed by atoms with Crippen molar-refractivity contribution in [1.82, 2.24) is 19.7 Å². The average molecular weight is 366 g/mol. The van der Waals surface area contributed by atoms with Crippen LogP contribution in [0.3, 0.4) is 0 Å². The summed E-state index contributed by atoms with van der Waals surface area (Å²) in [6.45, 7) is 2.03. The lowest BCUT2D eigenvalue weighted by atomic mass is 9.91. The minimum absolute atomic E-state index is 0.0624. The lowest BCUT2D eigenvalue weighted by Crippen LogP contribution is -2.03. The van der Waals surface area contributed by atoms with Crippen molar-refractivity contribution in [3.05, 3.63) is 108 Å². The Kier molecular flexibility index (Phi) is 3.98. The second-order valence-electron chi connectivity index (χ2n) is 6.79. The molecule has 2 aromatic heterocycles. The molecule has 0 aliphatic carbocycles. The summed E-state index contributed by atoms with van der Waals surface area (Å²) in [5.41, 5.74) is 5.93. The van der Waals surface area contributed by atoms with E-state index in [2.05, 4.69) is 40.5 Å². The number of oxazole rings is 1. The molecule has 0 saturated carbocycles. The maximum Gasteiger partial charge on any atom is 0.207 e. The van der Waals surface area contributed by atoms with Crippen molar-refractivity contribution < 1.29 is 4.42 Å². The fraction of sp³-hybridized carbons (Fsp3) is 0.0870. The van der Waals surface area contributed by atoms with Crippen LogP contribution in [0.2, 0.25) is 0 Å². The topological polar surface area (TPSA) is 56.7 Å². The molecule has 0 amide bonds. The molecule has 2 heterocycles. The Hall–Kier alpha value is -3.73. The lowest BCUT2D eigenvalue weighted by molar-refractivity contribution is 0.520. The summed E-state index contributed by atoms with van der Waals surface area (Å²) in [5, 5.41) is 7.78. The lowest BCUT2D eigenvalue weighted by Gasteiger charge is -2.14. The normalized spacial score (nSPS) is 11.4. The summed E-state index contributed by atoms with van der Waals surface area (Å²) < 4.78 is 8.16. The van der Waals surface area contributed by atoms with Crippen LogP contribution in [0.15, 0.2) is 89.9 Å². The van der Waals surface area contributed by atoms with Crippen molar-refractivity contribution in [1.29, 1.82) is 0 Å². The van der Waals surface area contributed by atoms with Gasteiger partial charge in [0.1, 0.15) is 18.2 Å². The van der Waals surface area contributed by atoms with Crippen LogP contribution in [0.4, 0.5) is 0 Å². The van der Waals surface area contributed by atoms with E-state index < -0.39 is 0 Å². The number of nitrogens with zero attached hydrogens (tertiary/aromatic N) is 4. The number of hydrogen-bond donors (Lipinski definition) is 0. The van der Waals surface area contributed by atoms with Gasteiger partial charge in [-0.15, -0.1) is 10.2 Å². The van der Waals surface area contributed by atoms with E-state index in [4.69, 9.17) is 9.40 Å². The molecule has 136 valence electrons. The highest BCUT2D eigenvalue weighted by atomic mass is 16.3. The molecular formula is C23H18N4O. The van der Waals surface area contributed by atoms with Gasteiger partial charge in [0.2, 0.25) is 5.89 Å². The minimum atomic E-state index is -0.0624. The van der Waals surface area contributed by atoms with Crippen LogP contribution in [0.25, 0.3) is 16.8 Å². The van der Waals surface area contributed by atoms with Gasteiger partial charge in [-0.25, -0.2) is 4.98 Å². The van der Waals surface area contributed by atoms with Crippen molar-refractivity contribution in [3.63, 3.8) is 0 Å². The molecule has 5 heteroatoms. The summed E-state index contributed by atoms with van der Waals surface area (Å²) >= 11 is 0. The molecule has 5 nitrogen and oxygen atoms in total. The highest BCUT2D eigenvalue weighted by molar-refractivity contribution is 5.79. The Morgan fingerprint density at radius 3 is 2.04 bits per heavy atom. The van der Waals surface area contributed by atoms with E-state index in [0.717, 1.165) is 33.5 Å². The van der Waals surface area contributed by atoms with Gasteiger partial charge in [0.05, 0.1) is 11.6 Å². The average Bonchev–Trinajstić information content (AvgIpc) is 3.40. The van der Waals surface area contributed by atoms with Gasteiger partial charge in [0, 0.05) is 0 Å². The SMILES string of the molecule is Cc1cc(-n2cnnc2)cc2nc(C(c3ccccc3)c3ccccc3)oc12. The standard InChI is InChI=1S/C23H18N4O/c1-16-12-19(27-14-24-25-15-27)13-20-22(16)28-23(26-20)21(17-8-4-2-5-9-17)18-10-6-3-7-11-18/h2-15,21H,1H3. The fourth-order valence-corrected chi connectivity index (χ4v) is 3.57. The molecule has 0 aliphatic heterocycles. The quantitative estimate of drug-likeness (QED) is 0.454. The predicted molar refractivity (Wildman–Crippen MR) is 107 cm³/mol. The summed E-state index contributed by atoms with van der Waals surface area (Å²) in [6.07, 6.45) is 3.36. The van der Waals surface area contributed by atoms with Gasteiger partial charge >= 0.3 is 0 Å². The van der Waals surface area contributed by atoms with Gasteiger partial charge in [-0.05, 0) is 35.7 Å². The van der Waals surface area contributed by atoms with Gasteiger partial charge in [-0.3, -0.25) is 4.57 Å². The van der Waals surface area contributed by atoms with E-state index in [1.54, 1.807) is 12.7 Å². The van der Waals surface area contributed by atoms with Gasteiger partial charge in [0.25, 0.3) is 0 Å². The highest BCUT2D eigenvalue weighted by Gasteiger charge is 2.23. The molecule has 0 radical (unpaired) electrons. The molecule has 5 rings (SSSR count). The zero-order chi connectivity index (χ0) is 18.9. The Labute approximate surface area is 162 Å². The van der Waals surface area contributed by atoms with Crippen LogP contribution in [-0.2, 0) is 0 Å². The molecule has 0 aliphatic rings. The summed E-state index contributed by atoms with van der Waals surface area (Å²) in [5.74, 6) is 0.629. The first-order valence-corrected chi connectivity index (χ1v) is 9.15. The van der Waals surface area contributed by atoms with Crippen molar-refractivity contribution in [2.24, 2.45) is 0 Å². The molecular weight excluding hydrogens is 348 g/mol. The molecule has 0 spiro atoms. The molecule has 0 unspecified atom stereocenters. The Morgan fingerprint density at radius 1 is 0.821 bits per heavy atom. The second-order valence-corrected chi connectivity index (χ2v) is 6.79. The maximum atomic E-state index is 6.29. The minimum Gasteiger partial charge on any atom is -0.439 e. The number of aromatic nitrogens is 4. The third-order valence-corrected chi connectivity index (χ3v) is 4.91. The van der Waals surface area contributed by atoms with Crippen molar-refractivity contribution in [3.8, 4) is 5.69 Å². The molecule has 0 saturated heterocycles. The molecule has 0 N–H and O–H groups in total. The third kappa shape index (κ3) is 2.87. The smallest absolute Gasteiger partial charge is 0.207 e. The Balaban J connectivity index is 1.68. The third-order valence-electron chi connectivity index (χ3n) is 4.91. The number of hydrogen-bond acceptors (Lipinski definition) is 4. The molecule has 0 bridgehead atoms. The van der Waals surface area contributed by atoms with E-state index in [-0.39, 0.29) is 5.92 Å². The Morgan fingerprint density at radius 2 is 1.43 bits per heavy atom. The monoisotopic (exact) mass is 366 g/mol. The van der Waals surface area contributed by atoms with E-state index in [0.29, 0.717) is 5.89 Å². The van der Waals surface area contributed by atoms with Gasteiger partial charge in [-0.1, -0.05) is 60.7 Å². The molecule has 3 aromatic carbocycles. The molecule has 0 atom stereocenters. The van der Waals surface area contributed by atoms with Crippen LogP contribution in [0, 0.1) is 6.92 Å². The maximum absolute atomic E-state index is 6.29. The number of aryl methyl sites for hydroxylation is 1. The van der Waals surface area contributed by atoms with Crippen LogP contribution in [0.1, 0.15) is 28.5 Å². The van der Waals surface area contributed by atoms with Crippen molar-refractivity contribution in [2.45, 2.75) is 12.8 Å². The first-order valence-electron chi connectivity index (χ1n) is 9.15. The summed E-state index contributed by atoms with van der Waals surface area (Å²) in [4.78, 5) is 4.88. The van der Waals surface area contributed by atoms with Crippen LogP contribution in [-0.4, -0.2) is 19.7 Å². The van der Waals surface area contributed by atoms with Gasteiger partial charge < -0.3 is 4.42 Å². The molecule has 0 fully saturated rings. The first-order chi connectivity index (χ1) is 13.8. The number of benzene rings is 3. The fourth-order valence-electron chi connectivity index (χ4n) is 3.57. The van der Waals surface area contributed by atoms with E-state index >= 15 is 0 Å². The number of rotatable bonds is 4. The van der Waals surface area contributed by atoms with Crippen molar-refractivity contribution >= 4 is 11.1 Å². The second kappa shape index (κ2) is 6.78. The molecule has 5 aromatic rings.